The highest BCUT2D eigenvalue weighted by Gasteiger charge is 2.15. The molecule has 2 atom stereocenters. The molecule has 0 radical (unpaired) electrons. The normalized spacial score (nSPS) is 12.3. The maximum Gasteiger partial charge on any atom is 0.325 e. The third kappa shape index (κ3) is 7.07. The fourth-order valence-corrected chi connectivity index (χ4v) is 0.956. The second kappa shape index (κ2) is 8.59. The number of hydrogen-bond acceptors (Lipinski definition) is 5. The lowest BCUT2D eigenvalue weighted by Gasteiger charge is -2.10. The molecule has 0 spiro atoms. The zero-order valence-corrected chi connectivity index (χ0v) is 11.1. The summed E-state index contributed by atoms with van der Waals surface area (Å²) in [7, 11) is 0. The Bertz CT molecular complexity index is 461. The van der Waals surface area contributed by atoms with Gasteiger partial charge >= 0.3 is 5.97 Å². The molecular formula is C12H17N3O5. The number of hydrogen-bond donors (Lipinski definition) is 3. The maximum absolute atomic E-state index is 10.8. The van der Waals surface area contributed by atoms with Gasteiger partial charge in [-0.05, 0) is 13.8 Å². The number of para-hydroxylation sites is 1. The third-order valence-electron chi connectivity index (χ3n) is 2.11. The lowest BCUT2D eigenvalue weighted by molar-refractivity contribution is -0.384. The van der Waals surface area contributed by atoms with Crippen molar-refractivity contribution in [3.8, 4) is 0 Å². The average molecular weight is 283 g/mol. The van der Waals surface area contributed by atoms with Crippen molar-refractivity contribution in [2.75, 3.05) is 0 Å². The van der Waals surface area contributed by atoms with E-state index in [-0.39, 0.29) is 5.69 Å². The van der Waals surface area contributed by atoms with Gasteiger partial charge in [0.1, 0.15) is 6.04 Å². The van der Waals surface area contributed by atoms with Crippen molar-refractivity contribution >= 4 is 17.6 Å². The largest absolute Gasteiger partial charge is 0.480 e. The van der Waals surface area contributed by atoms with E-state index in [0.717, 1.165) is 0 Å². The molecule has 1 aromatic rings. The van der Waals surface area contributed by atoms with Crippen LogP contribution in [-0.4, -0.2) is 34.0 Å². The molecule has 2 unspecified atom stereocenters. The van der Waals surface area contributed by atoms with E-state index in [1.165, 1.54) is 26.0 Å². The van der Waals surface area contributed by atoms with Crippen molar-refractivity contribution in [1.82, 2.24) is 5.32 Å². The highest BCUT2D eigenvalue weighted by atomic mass is 16.6. The number of nitro benzene ring substituents is 1. The number of nitrogens with two attached hydrogens (primary N) is 1. The molecule has 0 fully saturated rings. The molecule has 8 nitrogen and oxygen atoms in total. The van der Waals surface area contributed by atoms with Crippen molar-refractivity contribution in [1.29, 1.82) is 0 Å². The Kier molecular flexibility index (Phi) is 7.53. The first-order valence-electron chi connectivity index (χ1n) is 5.74. The molecule has 0 aliphatic heterocycles. The van der Waals surface area contributed by atoms with Crippen molar-refractivity contribution in [2.45, 2.75) is 25.9 Å². The van der Waals surface area contributed by atoms with E-state index < -0.39 is 28.9 Å². The van der Waals surface area contributed by atoms with Crippen LogP contribution in [0.15, 0.2) is 30.3 Å². The summed E-state index contributed by atoms with van der Waals surface area (Å²) in [5.74, 6) is -1.53. The van der Waals surface area contributed by atoms with Crippen LogP contribution in [0, 0.1) is 10.1 Å². The van der Waals surface area contributed by atoms with Crippen LogP contribution in [0.4, 0.5) is 5.69 Å². The summed E-state index contributed by atoms with van der Waals surface area (Å²) in [6, 6.07) is 6.38. The van der Waals surface area contributed by atoms with E-state index in [9.17, 15) is 19.7 Å². The molecule has 0 aromatic heterocycles. The van der Waals surface area contributed by atoms with E-state index in [1.54, 1.807) is 18.2 Å². The van der Waals surface area contributed by atoms with E-state index in [0.29, 0.717) is 0 Å². The van der Waals surface area contributed by atoms with Crippen molar-refractivity contribution in [3.05, 3.63) is 40.4 Å². The average Bonchev–Trinajstić information content (AvgIpc) is 2.40. The van der Waals surface area contributed by atoms with Gasteiger partial charge in [-0.3, -0.25) is 19.7 Å². The number of nitrogens with zero attached hydrogens (tertiary/aromatic N) is 1. The van der Waals surface area contributed by atoms with Crippen LogP contribution in [0.3, 0.4) is 0 Å². The van der Waals surface area contributed by atoms with E-state index >= 15 is 0 Å². The maximum atomic E-state index is 10.8. The summed E-state index contributed by atoms with van der Waals surface area (Å²) in [6.45, 7) is 2.87. The summed E-state index contributed by atoms with van der Waals surface area (Å²) in [5, 5.41) is 20.6. The number of aliphatic carboxylic acids is 1. The van der Waals surface area contributed by atoms with Gasteiger partial charge in [-0.2, -0.15) is 0 Å². The fraction of sp³-hybridized carbons (Fsp3) is 0.333. The first kappa shape index (κ1) is 17.5. The molecule has 0 saturated heterocycles. The summed E-state index contributed by atoms with van der Waals surface area (Å²) >= 11 is 0. The van der Waals surface area contributed by atoms with Crippen LogP contribution >= 0.6 is 0 Å². The van der Waals surface area contributed by atoms with Gasteiger partial charge in [0.05, 0.1) is 11.0 Å². The minimum Gasteiger partial charge on any atom is -0.480 e. The molecule has 0 aliphatic carbocycles. The van der Waals surface area contributed by atoms with Crippen LogP contribution in [0.25, 0.3) is 0 Å². The molecule has 4 N–H and O–H groups in total. The minimum absolute atomic E-state index is 0.137. The topological polar surface area (TPSA) is 136 Å². The van der Waals surface area contributed by atoms with Crippen molar-refractivity contribution < 1.29 is 19.6 Å². The number of carboxylic acid groups (broad SMARTS) is 1. The zero-order valence-electron chi connectivity index (χ0n) is 11.1. The molecule has 1 amide bonds. The van der Waals surface area contributed by atoms with Crippen LogP contribution in [-0.2, 0) is 9.59 Å². The molecule has 8 heteroatoms. The number of nitrogens with one attached hydrogen (secondary N) is 1. The van der Waals surface area contributed by atoms with Crippen LogP contribution in [0.1, 0.15) is 13.8 Å². The number of carboxylic acids is 1. The highest BCUT2D eigenvalue weighted by Crippen LogP contribution is 2.06. The molecule has 1 aromatic carbocycles. The quantitative estimate of drug-likeness (QED) is 0.544. The van der Waals surface area contributed by atoms with Gasteiger partial charge in [0.15, 0.2) is 0 Å². The van der Waals surface area contributed by atoms with Gasteiger partial charge in [-0.25, -0.2) is 0 Å². The lowest BCUT2D eigenvalue weighted by atomic mass is 10.3. The second-order valence-electron chi connectivity index (χ2n) is 3.95. The molecule has 1 rings (SSSR count). The molecule has 110 valence electrons. The predicted molar refractivity (Wildman–Crippen MR) is 72.0 cm³/mol. The SMILES string of the molecule is CC(N)C(=O)NC(C)C(=O)O.O=[N+]([O-])c1ccccc1. The molecular weight excluding hydrogens is 266 g/mol. The lowest BCUT2D eigenvalue weighted by Crippen LogP contribution is -2.45. The Morgan fingerprint density at radius 2 is 1.80 bits per heavy atom. The summed E-state index contributed by atoms with van der Waals surface area (Å²) in [5.41, 5.74) is 5.32. The number of carbonyl (C=O) groups excluding carboxylic acids is 1. The number of benzene rings is 1. The van der Waals surface area contributed by atoms with E-state index in [4.69, 9.17) is 10.8 Å². The Labute approximate surface area is 115 Å². The number of rotatable bonds is 4. The monoisotopic (exact) mass is 283 g/mol. The van der Waals surface area contributed by atoms with Crippen LogP contribution < -0.4 is 11.1 Å². The van der Waals surface area contributed by atoms with Crippen LogP contribution in [0.5, 0.6) is 0 Å². The second-order valence-corrected chi connectivity index (χ2v) is 3.95. The van der Waals surface area contributed by atoms with Gasteiger partial charge in [0.25, 0.3) is 5.69 Å². The molecule has 0 heterocycles. The summed E-state index contributed by atoms with van der Waals surface area (Å²) in [6.07, 6.45) is 0. The van der Waals surface area contributed by atoms with Crippen LogP contribution in [0.2, 0.25) is 0 Å². The predicted octanol–water partition coefficient (Wildman–Crippen LogP) is 0.518. The Hall–Kier alpha value is -2.48. The number of non-ortho nitro benzene ring substituents is 1. The molecule has 0 saturated carbocycles. The van der Waals surface area contributed by atoms with Crippen molar-refractivity contribution in [2.24, 2.45) is 5.73 Å². The molecule has 0 aliphatic rings. The molecule has 0 bridgehead atoms. The fourth-order valence-electron chi connectivity index (χ4n) is 0.956. The van der Waals surface area contributed by atoms with Crippen molar-refractivity contribution in [3.63, 3.8) is 0 Å². The van der Waals surface area contributed by atoms with Gasteiger partial charge in [0.2, 0.25) is 5.91 Å². The van der Waals surface area contributed by atoms with Gasteiger partial charge in [0, 0.05) is 12.1 Å². The number of nitro groups is 1. The minimum atomic E-state index is -1.07. The first-order valence-corrected chi connectivity index (χ1v) is 5.74. The standard InChI is InChI=1S/C6H12N2O3.C6H5NO2/c1-3(7)5(9)8-4(2)6(10)11;8-7(9)6-4-2-1-3-5-6/h3-4H,7H2,1-2H3,(H,8,9)(H,10,11);1-5H. The zero-order chi connectivity index (χ0) is 15.7. The van der Waals surface area contributed by atoms with E-state index in [1.807, 2.05) is 0 Å². The van der Waals surface area contributed by atoms with E-state index in [2.05, 4.69) is 5.32 Å². The summed E-state index contributed by atoms with van der Waals surface area (Å²) in [4.78, 5) is 30.5. The molecule has 20 heavy (non-hydrogen) atoms. The number of carbonyl (C=O) groups is 2. The number of amides is 1. The van der Waals surface area contributed by atoms with Gasteiger partial charge in [-0.15, -0.1) is 0 Å². The smallest absolute Gasteiger partial charge is 0.325 e. The first-order chi connectivity index (χ1) is 9.25. The Morgan fingerprint density at radius 1 is 1.30 bits per heavy atom. The van der Waals surface area contributed by atoms with Gasteiger partial charge < -0.3 is 16.2 Å². The highest BCUT2D eigenvalue weighted by molar-refractivity contribution is 5.86. The Morgan fingerprint density at radius 3 is 2.10 bits per heavy atom. The summed E-state index contributed by atoms with van der Waals surface area (Å²) < 4.78 is 0. The third-order valence-corrected chi connectivity index (χ3v) is 2.11. The van der Waals surface area contributed by atoms with Gasteiger partial charge in [-0.1, -0.05) is 18.2 Å². The Balaban J connectivity index is 0.000000367.